The Morgan fingerprint density at radius 1 is 1.13 bits per heavy atom. The zero-order valence-electron chi connectivity index (χ0n) is 16.4. The van der Waals surface area contributed by atoms with Gasteiger partial charge in [-0.2, -0.15) is 0 Å². The van der Waals surface area contributed by atoms with E-state index >= 15 is 0 Å². The Bertz CT molecular complexity index is 963. The van der Waals surface area contributed by atoms with Gasteiger partial charge in [0, 0.05) is 25.7 Å². The lowest BCUT2D eigenvalue weighted by Gasteiger charge is -2.39. The van der Waals surface area contributed by atoms with Gasteiger partial charge in [-0.25, -0.2) is 4.79 Å². The molecule has 0 aliphatic carbocycles. The van der Waals surface area contributed by atoms with E-state index in [-0.39, 0.29) is 29.2 Å². The van der Waals surface area contributed by atoms with Crippen LogP contribution in [-0.4, -0.2) is 51.3 Å². The normalized spacial score (nSPS) is 18.4. The second-order valence-corrected chi connectivity index (χ2v) is 7.07. The number of aromatic carboxylic acids is 1. The van der Waals surface area contributed by atoms with Crippen molar-refractivity contribution in [3.63, 3.8) is 0 Å². The molecule has 0 saturated carbocycles. The summed E-state index contributed by atoms with van der Waals surface area (Å²) in [5.41, 5.74) is 0.888. The zero-order chi connectivity index (χ0) is 21.7. The molecule has 1 aromatic heterocycles. The fourth-order valence-electron chi connectivity index (χ4n) is 3.56. The molecular formula is C21H22N4O5. The number of hydrogen-bond donors (Lipinski definition) is 3. The van der Waals surface area contributed by atoms with E-state index in [1.165, 1.54) is 24.1 Å². The second kappa shape index (κ2) is 9.17. The number of carboxylic acid groups (broad SMARTS) is 1. The average molecular weight is 410 g/mol. The summed E-state index contributed by atoms with van der Waals surface area (Å²) in [6.07, 6.45) is 3.43. The van der Waals surface area contributed by atoms with E-state index in [1.807, 2.05) is 30.3 Å². The van der Waals surface area contributed by atoms with Crippen molar-refractivity contribution >= 4 is 29.4 Å². The second-order valence-electron chi connectivity index (χ2n) is 7.07. The van der Waals surface area contributed by atoms with Gasteiger partial charge in [-0.05, 0) is 24.5 Å². The van der Waals surface area contributed by atoms with Crippen molar-refractivity contribution in [1.29, 1.82) is 0 Å². The summed E-state index contributed by atoms with van der Waals surface area (Å²) in [4.78, 5) is 53.3. The molecular weight excluding hydrogens is 388 g/mol. The minimum atomic E-state index is -1.19. The van der Waals surface area contributed by atoms with Crippen LogP contribution in [0.1, 0.15) is 41.7 Å². The van der Waals surface area contributed by atoms with Crippen molar-refractivity contribution in [2.75, 3.05) is 11.9 Å². The van der Waals surface area contributed by atoms with E-state index in [2.05, 4.69) is 15.6 Å². The average Bonchev–Trinajstić information content (AvgIpc) is 2.73. The van der Waals surface area contributed by atoms with Crippen LogP contribution in [0.25, 0.3) is 0 Å². The molecule has 2 heterocycles. The molecule has 0 bridgehead atoms. The molecule has 3 N–H and O–H groups in total. The number of benzene rings is 1. The number of hydrogen-bond acceptors (Lipinski definition) is 5. The molecule has 1 fully saturated rings. The number of rotatable bonds is 4. The van der Waals surface area contributed by atoms with Gasteiger partial charge in [-0.1, -0.05) is 30.3 Å². The maximum Gasteiger partial charge on any atom is 0.337 e. The molecule has 1 aromatic carbocycles. The molecule has 2 aromatic rings. The first-order chi connectivity index (χ1) is 14.3. The molecule has 1 saturated heterocycles. The molecule has 0 spiro atoms. The van der Waals surface area contributed by atoms with E-state index in [0.29, 0.717) is 19.4 Å². The number of anilines is 1. The lowest BCUT2D eigenvalue weighted by atomic mass is 9.91. The van der Waals surface area contributed by atoms with Crippen molar-refractivity contribution in [2.24, 2.45) is 0 Å². The highest BCUT2D eigenvalue weighted by Gasteiger charge is 2.35. The number of amides is 3. The van der Waals surface area contributed by atoms with Gasteiger partial charge in [-0.3, -0.25) is 19.4 Å². The molecule has 9 nitrogen and oxygen atoms in total. The number of carbonyl (C=O) groups is 4. The molecule has 3 amide bonds. The van der Waals surface area contributed by atoms with Gasteiger partial charge in [0.25, 0.3) is 0 Å². The lowest BCUT2D eigenvalue weighted by Crippen LogP contribution is -2.50. The summed E-state index contributed by atoms with van der Waals surface area (Å²) in [5, 5.41) is 14.4. The van der Waals surface area contributed by atoms with Gasteiger partial charge in [-0.15, -0.1) is 0 Å². The number of nitrogens with one attached hydrogen (secondary N) is 2. The van der Waals surface area contributed by atoms with Crippen molar-refractivity contribution in [3.8, 4) is 0 Å². The molecule has 0 unspecified atom stereocenters. The van der Waals surface area contributed by atoms with E-state index in [1.54, 1.807) is 0 Å². The first-order valence-electron chi connectivity index (χ1n) is 9.47. The van der Waals surface area contributed by atoms with Gasteiger partial charge in [0.1, 0.15) is 0 Å². The molecule has 30 heavy (non-hydrogen) atoms. The van der Waals surface area contributed by atoms with E-state index < -0.39 is 17.8 Å². The first kappa shape index (κ1) is 21.0. The highest BCUT2D eigenvalue weighted by Crippen LogP contribution is 2.31. The lowest BCUT2D eigenvalue weighted by molar-refractivity contribution is -0.146. The largest absolute Gasteiger partial charge is 0.478 e. The summed E-state index contributed by atoms with van der Waals surface area (Å²) in [6.45, 7) is 1.74. The van der Waals surface area contributed by atoms with Crippen LogP contribution >= 0.6 is 0 Å². The van der Waals surface area contributed by atoms with Crippen LogP contribution < -0.4 is 10.6 Å². The van der Waals surface area contributed by atoms with Crippen LogP contribution in [0.2, 0.25) is 0 Å². The van der Waals surface area contributed by atoms with Crippen LogP contribution in [0.3, 0.4) is 0 Å². The van der Waals surface area contributed by atoms with Crippen LogP contribution in [0.15, 0.2) is 48.8 Å². The van der Waals surface area contributed by atoms with Gasteiger partial charge in [0.2, 0.25) is 5.91 Å². The third-order valence-corrected chi connectivity index (χ3v) is 4.89. The van der Waals surface area contributed by atoms with Crippen LogP contribution in [-0.2, 0) is 14.4 Å². The fraction of sp³-hybridized carbons (Fsp3) is 0.286. The summed E-state index contributed by atoms with van der Waals surface area (Å²) >= 11 is 0. The monoisotopic (exact) mass is 410 g/mol. The summed E-state index contributed by atoms with van der Waals surface area (Å²) in [7, 11) is 0. The Morgan fingerprint density at radius 3 is 2.53 bits per heavy atom. The van der Waals surface area contributed by atoms with Gasteiger partial charge >= 0.3 is 17.8 Å². The minimum absolute atomic E-state index is 0.0986. The quantitative estimate of drug-likeness (QED) is 0.657. The Hall–Kier alpha value is -3.75. The summed E-state index contributed by atoms with van der Waals surface area (Å²) in [5.74, 6) is -2.94. The molecule has 0 radical (unpaired) electrons. The maximum atomic E-state index is 12.9. The topological polar surface area (TPSA) is 129 Å². The number of pyridine rings is 1. The third-order valence-electron chi connectivity index (χ3n) is 4.89. The molecule has 1 aliphatic heterocycles. The van der Waals surface area contributed by atoms with Crippen LogP contribution in [0, 0.1) is 0 Å². The van der Waals surface area contributed by atoms with E-state index in [0.717, 1.165) is 11.8 Å². The number of aromatic nitrogens is 1. The Balaban J connectivity index is 1.78. The van der Waals surface area contributed by atoms with E-state index in [9.17, 15) is 19.2 Å². The highest BCUT2D eigenvalue weighted by atomic mass is 16.4. The smallest absolute Gasteiger partial charge is 0.337 e. The predicted molar refractivity (Wildman–Crippen MR) is 108 cm³/mol. The fourth-order valence-corrected chi connectivity index (χ4v) is 3.56. The molecule has 2 atom stereocenters. The Kier molecular flexibility index (Phi) is 6.41. The van der Waals surface area contributed by atoms with Crippen LogP contribution in [0.5, 0.6) is 0 Å². The van der Waals surface area contributed by atoms with Crippen molar-refractivity contribution in [1.82, 2.24) is 15.2 Å². The first-order valence-corrected chi connectivity index (χ1v) is 9.47. The Labute approximate surface area is 173 Å². The molecule has 9 heteroatoms. The van der Waals surface area contributed by atoms with Gasteiger partial charge < -0.3 is 20.6 Å². The number of carbonyl (C=O) groups excluding carboxylic acids is 3. The zero-order valence-corrected chi connectivity index (χ0v) is 16.4. The molecule has 1 aliphatic rings. The molecule has 3 rings (SSSR count). The number of piperidine rings is 1. The van der Waals surface area contributed by atoms with Crippen molar-refractivity contribution in [3.05, 3.63) is 59.9 Å². The summed E-state index contributed by atoms with van der Waals surface area (Å²) < 4.78 is 0. The predicted octanol–water partition coefficient (Wildman–Crippen LogP) is 1.59. The summed E-state index contributed by atoms with van der Waals surface area (Å²) in [6, 6.07) is 10.1. The van der Waals surface area contributed by atoms with Crippen molar-refractivity contribution in [2.45, 2.75) is 31.8 Å². The Morgan fingerprint density at radius 2 is 1.87 bits per heavy atom. The SMILES string of the molecule is CC(=O)N[C@@H]1CCN(C(=O)C(=O)Nc2cncc(C(=O)O)c2)[C@H](c2ccccc2)C1. The maximum absolute atomic E-state index is 12.9. The van der Waals surface area contributed by atoms with Gasteiger partial charge in [0.15, 0.2) is 0 Å². The number of carboxylic acids is 1. The third kappa shape index (κ3) is 4.99. The number of nitrogens with zero attached hydrogens (tertiary/aromatic N) is 2. The van der Waals surface area contributed by atoms with Gasteiger partial charge in [0.05, 0.1) is 23.5 Å². The standard InChI is InChI=1S/C21H22N4O5/c1-13(26)23-16-7-8-25(18(10-16)14-5-3-2-4-6-14)20(28)19(27)24-17-9-15(21(29)30)11-22-12-17/h2-6,9,11-12,16,18H,7-8,10H2,1H3,(H,23,26)(H,24,27)(H,29,30)/t16-,18+/m1/s1. The minimum Gasteiger partial charge on any atom is -0.478 e. The molecule has 156 valence electrons. The number of likely N-dealkylation sites (tertiary alicyclic amines) is 1. The highest BCUT2D eigenvalue weighted by molar-refractivity contribution is 6.39. The van der Waals surface area contributed by atoms with Crippen molar-refractivity contribution < 1.29 is 24.3 Å². The van der Waals surface area contributed by atoms with Crippen LogP contribution in [0.4, 0.5) is 5.69 Å². The van der Waals surface area contributed by atoms with E-state index in [4.69, 9.17) is 5.11 Å².